The molecule has 3 aromatic heterocycles. The van der Waals surface area contributed by atoms with E-state index in [1.165, 1.54) is 23.0 Å². The molecule has 0 atom stereocenters. The molecule has 0 unspecified atom stereocenters. The molecule has 0 amide bonds. The van der Waals surface area contributed by atoms with E-state index in [0.717, 1.165) is 0 Å². The van der Waals surface area contributed by atoms with Crippen molar-refractivity contribution in [3.63, 3.8) is 0 Å². The largest absolute Gasteiger partial charge is 0.384 e. The number of nitrogens with zero attached hydrogens (tertiary/aromatic N) is 6. The van der Waals surface area contributed by atoms with Gasteiger partial charge in [0.2, 0.25) is 0 Å². The quantitative estimate of drug-likeness (QED) is 0.228. The Hall–Kier alpha value is -4.49. The molecular formula is C22H17N9O2S2. The summed E-state index contributed by atoms with van der Waals surface area (Å²) in [7, 11) is -3.80. The number of pyridine rings is 1. The minimum atomic E-state index is -3.80. The van der Waals surface area contributed by atoms with Gasteiger partial charge in [-0.15, -0.1) is 5.11 Å². The molecule has 0 radical (unpaired) electrons. The zero-order valence-electron chi connectivity index (χ0n) is 17.9. The second-order valence-electron chi connectivity index (χ2n) is 7.27. The van der Waals surface area contributed by atoms with Crippen LogP contribution in [0.1, 0.15) is 0 Å². The molecule has 3 heterocycles. The summed E-state index contributed by atoms with van der Waals surface area (Å²) in [6, 6.07) is 18.2. The molecular weight excluding hydrogens is 486 g/mol. The van der Waals surface area contributed by atoms with Crippen LogP contribution in [0.3, 0.4) is 0 Å². The van der Waals surface area contributed by atoms with Gasteiger partial charge >= 0.3 is 0 Å². The fraction of sp³-hybridized carbons (Fsp3) is 0. The van der Waals surface area contributed by atoms with Crippen LogP contribution in [0, 0.1) is 4.64 Å². The van der Waals surface area contributed by atoms with Crippen LogP contribution in [0.4, 0.5) is 17.3 Å². The molecule has 2 aromatic carbocycles. The predicted octanol–water partition coefficient (Wildman–Crippen LogP) is 4.48. The van der Waals surface area contributed by atoms with E-state index >= 15 is 0 Å². The van der Waals surface area contributed by atoms with E-state index in [-0.39, 0.29) is 10.7 Å². The number of fused-ring (bicyclic) bond motifs is 1. The Morgan fingerprint density at radius 3 is 2.51 bits per heavy atom. The van der Waals surface area contributed by atoms with E-state index in [0.29, 0.717) is 38.4 Å². The summed E-state index contributed by atoms with van der Waals surface area (Å²) in [5, 5.41) is 15.2. The Balaban J connectivity index is 1.49. The van der Waals surface area contributed by atoms with Crippen LogP contribution in [-0.2, 0) is 10.0 Å². The fourth-order valence-electron chi connectivity index (χ4n) is 3.27. The highest BCUT2D eigenvalue weighted by Crippen LogP contribution is 2.27. The van der Waals surface area contributed by atoms with Crippen molar-refractivity contribution in [2.24, 2.45) is 10.3 Å². The first-order chi connectivity index (χ1) is 16.9. The molecule has 0 aliphatic heterocycles. The fourth-order valence-corrected chi connectivity index (χ4v) is 4.57. The number of aromatic amines is 1. The molecule has 11 nitrogen and oxygen atoms in total. The molecule has 0 bridgehead atoms. The van der Waals surface area contributed by atoms with Crippen LogP contribution >= 0.6 is 12.2 Å². The van der Waals surface area contributed by atoms with E-state index in [1.54, 1.807) is 36.5 Å². The number of para-hydroxylation sites is 2. The van der Waals surface area contributed by atoms with Gasteiger partial charge in [0, 0.05) is 6.20 Å². The second kappa shape index (κ2) is 9.04. The molecule has 0 aliphatic carbocycles. The van der Waals surface area contributed by atoms with Crippen molar-refractivity contribution < 1.29 is 8.42 Å². The van der Waals surface area contributed by atoms with Gasteiger partial charge in [0.15, 0.2) is 4.64 Å². The maximum Gasteiger partial charge on any atom is 0.263 e. The van der Waals surface area contributed by atoms with Gasteiger partial charge in [0.25, 0.3) is 10.0 Å². The maximum atomic E-state index is 12.6. The lowest BCUT2D eigenvalue weighted by Crippen LogP contribution is -2.13. The summed E-state index contributed by atoms with van der Waals surface area (Å²) in [4.78, 5) is 8.66. The highest BCUT2D eigenvalue weighted by molar-refractivity contribution is 7.92. The third-order valence-electron chi connectivity index (χ3n) is 4.96. The average molecular weight is 504 g/mol. The van der Waals surface area contributed by atoms with Gasteiger partial charge in [-0.3, -0.25) is 9.82 Å². The third kappa shape index (κ3) is 4.49. The predicted molar refractivity (Wildman–Crippen MR) is 134 cm³/mol. The first-order valence-corrected chi connectivity index (χ1v) is 12.1. The van der Waals surface area contributed by atoms with E-state index in [2.05, 4.69) is 35.2 Å². The number of benzene rings is 2. The number of nitrogens with two attached hydrogens (primary N) is 1. The smallest absolute Gasteiger partial charge is 0.263 e. The molecule has 174 valence electrons. The number of aromatic nitrogens is 5. The molecule has 5 aromatic rings. The summed E-state index contributed by atoms with van der Waals surface area (Å²) >= 11 is 5.63. The van der Waals surface area contributed by atoms with Crippen molar-refractivity contribution in [2.45, 2.75) is 4.90 Å². The highest BCUT2D eigenvalue weighted by Gasteiger charge is 2.15. The van der Waals surface area contributed by atoms with Crippen molar-refractivity contribution in [3.8, 4) is 11.3 Å². The van der Waals surface area contributed by atoms with Gasteiger partial charge in [-0.1, -0.05) is 35.6 Å². The van der Waals surface area contributed by atoms with Gasteiger partial charge in [-0.2, -0.15) is 9.77 Å². The summed E-state index contributed by atoms with van der Waals surface area (Å²) in [6.07, 6.45) is 3.05. The Morgan fingerprint density at radius 2 is 1.80 bits per heavy atom. The molecule has 0 saturated heterocycles. The summed E-state index contributed by atoms with van der Waals surface area (Å²) < 4.78 is 29.4. The van der Waals surface area contributed by atoms with Crippen molar-refractivity contribution in [1.29, 1.82) is 0 Å². The zero-order chi connectivity index (χ0) is 24.4. The standard InChI is InChI=1S/C22H17N9O2S2/c23-21-16(13-25-28-21)20-22(34)31(18-6-2-1-5-17(18)26-20)30-27-14-8-10-15(11-9-14)35(32,33)29-19-7-3-4-12-24-19/h1-13H,(H,24,29)(H3,23,25,28). The average Bonchev–Trinajstić information content (AvgIpc) is 3.29. The summed E-state index contributed by atoms with van der Waals surface area (Å²) in [5.74, 6) is 0.558. The first-order valence-electron chi connectivity index (χ1n) is 10.2. The third-order valence-corrected chi connectivity index (χ3v) is 6.70. The van der Waals surface area contributed by atoms with Gasteiger partial charge in [0.1, 0.15) is 17.3 Å². The maximum absolute atomic E-state index is 12.6. The van der Waals surface area contributed by atoms with E-state index in [1.807, 2.05) is 24.3 Å². The number of nitrogens with one attached hydrogen (secondary N) is 2. The van der Waals surface area contributed by atoms with Crippen molar-refractivity contribution in [2.75, 3.05) is 10.5 Å². The molecule has 0 saturated carbocycles. The topological polar surface area (TPSA) is 156 Å². The number of H-pyrrole nitrogens is 1. The monoisotopic (exact) mass is 503 g/mol. The number of anilines is 2. The Bertz CT molecular complexity index is 1710. The number of sulfonamides is 1. The minimum Gasteiger partial charge on any atom is -0.384 e. The molecule has 13 heteroatoms. The lowest BCUT2D eigenvalue weighted by atomic mass is 10.2. The minimum absolute atomic E-state index is 0.0609. The lowest BCUT2D eigenvalue weighted by molar-refractivity contribution is 0.601. The molecule has 5 rings (SSSR count). The number of hydrogen-bond acceptors (Lipinski definition) is 9. The molecule has 0 spiro atoms. The van der Waals surface area contributed by atoms with E-state index in [9.17, 15) is 8.42 Å². The van der Waals surface area contributed by atoms with E-state index in [4.69, 9.17) is 18.0 Å². The lowest BCUT2D eigenvalue weighted by Gasteiger charge is -2.09. The van der Waals surface area contributed by atoms with Crippen LogP contribution in [0.5, 0.6) is 0 Å². The normalized spacial score (nSPS) is 11.8. The summed E-state index contributed by atoms with van der Waals surface area (Å²) in [6.45, 7) is 0. The van der Waals surface area contributed by atoms with Crippen molar-refractivity contribution in [3.05, 3.63) is 83.8 Å². The van der Waals surface area contributed by atoms with Crippen LogP contribution < -0.4 is 10.5 Å². The Kier molecular flexibility index (Phi) is 5.76. The molecule has 0 fully saturated rings. The number of rotatable bonds is 6. The van der Waals surface area contributed by atoms with Gasteiger partial charge in [-0.25, -0.2) is 18.4 Å². The van der Waals surface area contributed by atoms with Crippen molar-refractivity contribution in [1.82, 2.24) is 24.8 Å². The van der Waals surface area contributed by atoms with E-state index < -0.39 is 10.0 Å². The number of hydrogen-bond donors (Lipinski definition) is 3. The second-order valence-corrected chi connectivity index (χ2v) is 9.34. The zero-order valence-corrected chi connectivity index (χ0v) is 19.5. The van der Waals surface area contributed by atoms with Crippen molar-refractivity contribution >= 4 is 50.6 Å². The summed E-state index contributed by atoms with van der Waals surface area (Å²) in [5.41, 5.74) is 8.67. The highest BCUT2D eigenvalue weighted by atomic mass is 32.2. The first kappa shape index (κ1) is 22.3. The molecule has 4 N–H and O–H groups in total. The van der Waals surface area contributed by atoms with Crippen LogP contribution in [0.2, 0.25) is 0 Å². The Labute approximate surface area is 204 Å². The molecule has 35 heavy (non-hydrogen) atoms. The Morgan fingerprint density at radius 1 is 1.03 bits per heavy atom. The van der Waals surface area contributed by atoms with Gasteiger partial charge in [0.05, 0.1) is 33.4 Å². The van der Waals surface area contributed by atoms with Crippen LogP contribution in [0.15, 0.2) is 94.4 Å². The number of nitrogen functional groups attached to an aromatic ring is 1. The van der Waals surface area contributed by atoms with Crippen LogP contribution in [0.25, 0.3) is 22.3 Å². The van der Waals surface area contributed by atoms with Gasteiger partial charge < -0.3 is 5.73 Å². The SMILES string of the molecule is Nc1[nH]ncc1-c1nc2ccccc2n(N=Nc2ccc(S(=O)(=O)Nc3ccccn3)cc2)c1=S. The molecule has 0 aliphatic rings. The van der Waals surface area contributed by atoms with Crippen LogP contribution in [-0.4, -0.2) is 33.3 Å². The van der Waals surface area contributed by atoms with Gasteiger partial charge in [-0.05, 0) is 48.5 Å².